The Bertz CT molecular complexity index is 1110. The Hall–Kier alpha value is -2.82. The summed E-state index contributed by atoms with van der Waals surface area (Å²) in [5.41, 5.74) is 1.01. The molecule has 0 aliphatic carbocycles. The van der Waals surface area contributed by atoms with Crippen LogP contribution in [0.5, 0.6) is 5.75 Å². The monoisotopic (exact) mass is 474 g/mol. The van der Waals surface area contributed by atoms with Crippen molar-refractivity contribution in [3.63, 3.8) is 0 Å². The molecule has 3 rings (SSSR count). The van der Waals surface area contributed by atoms with Crippen molar-refractivity contribution in [2.45, 2.75) is 37.8 Å². The molecule has 0 radical (unpaired) electrons. The van der Waals surface area contributed by atoms with Gasteiger partial charge in [-0.2, -0.15) is 4.31 Å². The van der Waals surface area contributed by atoms with Crippen LogP contribution in [0, 0.1) is 5.92 Å². The van der Waals surface area contributed by atoms with E-state index in [2.05, 4.69) is 9.97 Å². The van der Waals surface area contributed by atoms with Crippen LogP contribution in [0.15, 0.2) is 47.8 Å². The molecule has 1 aliphatic heterocycles. The molecule has 2 heterocycles. The number of carbonyl (C=O) groups is 1. The summed E-state index contributed by atoms with van der Waals surface area (Å²) in [4.78, 5) is 22.3. The Kier molecular flexibility index (Phi) is 7.83. The highest BCUT2D eigenvalue weighted by Crippen LogP contribution is 2.34. The lowest BCUT2D eigenvalue weighted by molar-refractivity contribution is 0.0559. The predicted molar refractivity (Wildman–Crippen MR) is 124 cm³/mol. The van der Waals surface area contributed by atoms with Gasteiger partial charge < -0.3 is 14.7 Å². The summed E-state index contributed by atoms with van der Waals surface area (Å²) >= 11 is 0. The SMILES string of the molecule is C/C=C/c1ccc2c(c1)O[C@H](CN(C)C(=O)c1cnccn1)[C@@H](C)CN([C@H](C)CO)S2(=O)=O. The van der Waals surface area contributed by atoms with Crippen LogP contribution in [0.1, 0.15) is 36.8 Å². The molecular weight excluding hydrogens is 444 g/mol. The second kappa shape index (κ2) is 10.4. The number of aliphatic hydroxyl groups is 1. The van der Waals surface area contributed by atoms with E-state index < -0.39 is 22.2 Å². The van der Waals surface area contributed by atoms with Crippen LogP contribution in [-0.2, 0) is 10.0 Å². The number of ether oxygens (including phenoxy) is 1. The van der Waals surface area contributed by atoms with Crippen molar-refractivity contribution in [2.75, 3.05) is 26.7 Å². The van der Waals surface area contributed by atoms with Gasteiger partial charge in [0.05, 0.1) is 19.3 Å². The van der Waals surface area contributed by atoms with E-state index in [4.69, 9.17) is 4.74 Å². The van der Waals surface area contributed by atoms with E-state index in [1.165, 1.54) is 33.9 Å². The largest absolute Gasteiger partial charge is 0.487 e. The van der Waals surface area contributed by atoms with E-state index in [0.29, 0.717) is 0 Å². The van der Waals surface area contributed by atoms with Gasteiger partial charge in [0.2, 0.25) is 10.0 Å². The summed E-state index contributed by atoms with van der Waals surface area (Å²) in [6.45, 7) is 5.45. The lowest BCUT2D eigenvalue weighted by Crippen LogP contribution is -2.50. The lowest BCUT2D eigenvalue weighted by Gasteiger charge is -2.37. The molecule has 2 aromatic rings. The van der Waals surface area contributed by atoms with E-state index in [-0.39, 0.29) is 47.9 Å². The normalized spacial score (nSPS) is 21.5. The van der Waals surface area contributed by atoms with Crippen LogP contribution in [0.3, 0.4) is 0 Å². The molecule has 0 bridgehead atoms. The van der Waals surface area contributed by atoms with Crippen molar-refractivity contribution < 1.29 is 23.1 Å². The molecule has 1 aromatic carbocycles. The number of rotatable bonds is 6. The first-order valence-electron chi connectivity index (χ1n) is 10.8. The standard InChI is InChI=1S/C23H30N4O5S/c1-5-6-18-7-8-22-20(11-18)32-21(14-26(4)23(29)19-12-24-9-10-25-19)16(2)13-27(17(3)15-28)33(22,30)31/h5-12,16-17,21,28H,13-15H2,1-4H3/b6-5+/t16-,17+,21+/m0/s1. The summed E-state index contributed by atoms with van der Waals surface area (Å²) in [5.74, 6) is -0.362. The van der Waals surface area contributed by atoms with Crippen molar-refractivity contribution in [1.82, 2.24) is 19.2 Å². The van der Waals surface area contributed by atoms with Crippen LogP contribution in [0.25, 0.3) is 6.08 Å². The third-order valence-corrected chi connectivity index (χ3v) is 7.65. The first-order chi connectivity index (χ1) is 15.7. The number of benzene rings is 1. The number of aliphatic hydroxyl groups excluding tert-OH is 1. The van der Waals surface area contributed by atoms with Gasteiger partial charge in [-0.15, -0.1) is 0 Å². The second-order valence-corrected chi connectivity index (χ2v) is 10.1. The zero-order valence-corrected chi connectivity index (χ0v) is 20.1. The van der Waals surface area contributed by atoms with Crippen LogP contribution in [-0.4, -0.2) is 77.5 Å². The van der Waals surface area contributed by atoms with Crippen molar-refractivity contribution in [3.8, 4) is 5.75 Å². The van der Waals surface area contributed by atoms with E-state index in [1.807, 2.05) is 26.0 Å². The number of sulfonamides is 1. The van der Waals surface area contributed by atoms with Crippen LogP contribution in [0.2, 0.25) is 0 Å². The maximum absolute atomic E-state index is 13.5. The maximum atomic E-state index is 13.5. The zero-order valence-electron chi connectivity index (χ0n) is 19.2. The number of hydrogen-bond donors (Lipinski definition) is 1. The number of carbonyl (C=O) groups excluding carboxylic acids is 1. The second-order valence-electron chi connectivity index (χ2n) is 8.22. The third kappa shape index (κ3) is 5.40. The number of hydrogen-bond acceptors (Lipinski definition) is 7. The Morgan fingerprint density at radius 1 is 1.39 bits per heavy atom. The predicted octanol–water partition coefficient (Wildman–Crippen LogP) is 2.05. The van der Waals surface area contributed by atoms with Gasteiger partial charge in [0.15, 0.2) is 0 Å². The molecule has 0 fully saturated rings. The van der Waals surface area contributed by atoms with Gasteiger partial charge in [-0.3, -0.25) is 9.78 Å². The number of aromatic nitrogens is 2. The average Bonchev–Trinajstić information content (AvgIpc) is 2.81. The smallest absolute Gasteiger partial charge is 0.273 e. The van der Waals surface area contributed by atoms with Crippen LogP contribution >= 0.6 is 0 Å². The summed E-state index contributed by atoms with van der Waals surface area (Å²) in [6, 6.07) is 4.31. The highest BCUT2D eigenvalue weighted by Gasteiger charge is 2.38. The minimum Gasteiger partial charge on any atom is -0.487 e. The number of amides is 1. The molecule has 1 aromatic heterocycles. The van der Waals surface area contributed by atoms with Gasteiger partial charge in [0.1, 0.15) is 22.4 Å². The molecular formula is C23H30N4O5S. The quantitative estimate of drug-likeness (QED) is 0.682. The highest BCUT2D eigenvalue weighted by molar-refractivity contribution is 7.89. The minimum absolute atomic E-state index is 0.0378. The molecule has 10 heteroatoms. The molecule has 1 aliphatic rings. The van der Waals surface area contributed by atoms with E-state index >= 15 is 0 Å². The molecule has 178 valence electrons. The minimum atomic E-state index is -3.90. The van der Waals surface area contributed by atoms with Crippen molar-refractivity contribution >= 4 is 22.0 Å². The number of likely N-dealkylation sites (N-methyl/N-ethyl adjacent to an activating group) is 1. The van der Waals surface area contributed by atoms with Crippen LogP contribution < -0.4 is 4.74 Å². The molecule has 9 nitrogen and oxygen atoms in total. The Morgan fingerprint density at radius 3 is 2.79 bits per heavy atom. The van der Waals surface area contributed by atoms with Crippen molar-refractivity contribution in [2.24, 2.45) is 5.92 Å². The molecule has 0 saturated carbocycles. The van der Waals surface area contributed by atoms with E-state index in [9.17, 15) is 18.3 Å². The fourth-order valence-electron chi connectivity index (χ4n) is 3.71. The molecule has 1 amide bonds. The Balaban J connectivity index is 2.01. The number of allylic oxidation sites excluding steroid dienone is 1. The summed E-state index contributed by atoms with van der Waals surface area (Å²) in [7, 11) is -2.26. The Labute approximate surface area is 194 Å². The average molecular weight is 475 g/mol. The first-order valence-corrected chi connectivity index (χ1v) is 12.2. The van der Waals surface area contributed by atoms with Crippen molar-refractivity contribution in [1.29, 1.82) is 0 Å². The van der Waals surface area contributed by atoms with Crippen molar-refractivity contribution in [3.05, 3.63) is 54.1 Å². The summed E-state index contributed by atoms with van der Waals surface area (Å²) < 4.78 is 34.5. The van der Waals surface area contributed by atoms with Gasteiger partial charge >= 0.3 is 0 Å². The topological polar surface area (TPSA) is 113 Å². The van der Waals surface area contributed by atoms with Gasteiger partial charge in [-0.1, -0.05) is 25.1 Å². The van der Waals surface area contributed by atoms with E-state index in [0.717, 1.165) is 5.56 Å². The summed E-state index contributed by atoms with van der Waals surface area (Å²) in [5, 5.41) is 9.73. The van der Waals surface area contributed by atoms with Gasteiger partial charge in [-0.05, 0) is 31.5 Å². The molecule has 0 saturated heterocycles. The molecule has 3 atom stereocenters. The van der Waals surface area contributed by atoms with Crippen LogP contribution in [0.4, 0.5) is 0 Å². The first kappa shape index (κ1) is 24.8. The van der Waals surface area contributed by atoms with E-state index in [1.54, 1.807) is 26.1 Å². The molecule has 1 N–H and O–H groups in total. The number of nitrogens with zero attached hydrogens (tertiary/aromatic N) is 4. The molecule has 33 heavy (non-hydrogen) atoms. The fourth-order valence-corrected chi connectivity index (χ4v) is 5.54. The van der Waals surface area contributed by atoms with Gasteiger partial charge in [-0.25, -0.2) is 13.4 Å². The third-order valence-electron chi connectivity index (χ3n) is 5.63. The zero-order chi connectivity index (χ0) is 24.2. The molecule has 0 unspecified atom stereocenters. The lowest BCUT2D eigenvalue weighted by atomic mass is 10.0. The summed E-state index contributed by atoms with van der Waals surface area (Å²) in [6.07, 6.45) is 7.55. The highest BCUT2D eigenvalue weighted by atomic mass is 32.2. The molecule has 0 spiro atoms. The Morgan fingerprint density at radius 2 is 2.15 bits per heavy atom. The maximum Gasteiger partial charge on any atom is 0.273 e. The fraction of sp³-hybridized carbons (Fsp3) is 0.435. The van der Waals surface area contributed by atoms with Gasteiger partial charge in [0, 0.05) is 37.9 Å². The number of fused-ring (bicyclic) bond motifs is 1. The van der Waals surface area contributed by atoms with Gasteiger partial charge in [0.25, 0.3) is 5.91 Å².